The van der Waals surface area contributed by atoms with Gasteiger partial charge in [0.25, 0.3) is 0 Å². The monoisotopic (exact) mass is 208 g/mol. The van der Waals surface area contributed by atoms with Gasteiger partial charge in [0.2, 0.25) is 5.91 Å². The van der Waals surface area contributed by atoms with Gasteiger partial charge >= 0.3 is 0 Å². The van der Waals surface area contributed by atoms with Crippen LogP contribution in [0.25, 0.3) is 0 Å². The maximum atomic E-state index is 11.1. The minimum atomic E-state index is -0.467. The number of nitrogens with one attached hydrogen (secondary N) is 1. The van der Waals surface area contributed by atoms with E-state index in [9.17, 15) is 4.79 Å². The second-order valence-corrected chi connectivity index (χ2v) is 3.13. The topological polar surface area (TPSA) is 64.3 Å². The molecule has 0 radical (unpaired) electrons. The van der Waals surface area contributed by atoms with Crippen molar-refractivity contribution in [2.24, 2.45) is 5.73 Å². The number of ether oxygens (including phenoxy) is 1. The first kappa shape index (κ1) is 11.5. The molecular weight excluding hydrogens is 192 g/mol. The molecule has 4 nitrogen and oxygen atoms in total. The van der Waals surface area contributed by atoms with Crippen LogP contribution in [-0.4, -0.2) is 19.6 Å². The lowest BCUT2D eigenvalue weighted by atomic mass is 10.1. The van der Waals surface area contributed by atoms with Crippen molar-refractivity contribution in [1.82, 2.24) is 5.32 Å². The van der Waals surface area contributed by atoms with Gasteiger partial charge < -0.3 is 15.8 Å². The molecule has 4 heteroatoms. The Morgan fingerprint density at radius 2 is 2.33 bits per heavy atom. The fourth-order valence-corrected chi connectivity index (χ4v) is 1.42. The Labute approximate surface area is 89.4 Å². The number of likely N-dealkylation sites (N-methyl/N-ethyl adjacent to an activating group) is 1. The van der Waals surface area contributed by atoms with Crippen molar-refractivity contribution in [1.29, 1.82) is 0 Å². The summed E-state index contributed by atoms with van der Waals surface area (Å²) in [5.74, 6) is 0.350. The van der Waals surface area contributed by atoms with Crippen LogP contribution in [0.3, 0.4) is 0 Å². The minimum Gasteiger partial charge on any atom is -0.494 e. The van der Waals surface area contributed by atoms with E-state index in [0.29, 0.717) is 6.61 Å². The van der Waals surface area contributed by atoms with Gasteiger partial charge in [-0.2, -0.15) is 0 Å². The van der Waals surface area contributed by atoms with E-state index in [4.69, 9.17) is 10.5 Å². The molecule has 1 atom stereocenters. The molecule has 0 aliphatic carbocycles. The Hall–Kier alpha value is -1.55. The molecule has 1 aromatic rings. The average molecular weight is 208 g/mol. The maximum Gasteiger partial charge on any atom is 0.239 e. The number of nitrogens with two attached hydrogens (primary N) is 1. The van der Waals surface area contributed by atoms with Crippen LogP contribution in [0.15, 0.2) is 24.3 Å². The normalized spacial score (nSPS) is 12.1. The van der Waals surface area contributed by atoms with E-state index >= 15 is 0 Å². The average Bonchev–Trinajstić information content (AvgIpc) is 2.19. The van der Waals surface area contributed by atoms with Gasteiger partial charge in [-0.25, -0.2) is 0 Å². The van der Waals surface area contributed by atoms with Crippen molar-refractivity contribution >= 4 is 5.91 Å². The number of primary amides is 1. The highest BCUT2D eigenvalue weighted by Crippen LogP contribution is 2.18. The minimum absolute atomic E-state index is 0.397. The van der Waals surface area contributed by atoms with Crippen LogP contribution >= 0.6 is 0 Å². The highest BCUT2D eigenvalue weighted by atomic mass is 16.5. The zero-order chi connectivity index (χ0) is 11.3. The van der Waals surface area contributed by atoms with Gasteiger partial charge in [-0.15, -0.1) is 0 Å². The summed E-state index contributed by atoms with van der Waals surface area (Å²) < 4.78 is 5.34. The lowest BCUT2D eigenvalue weighted by Gasteiger charge is -2.13. The van der Waals surface area contributed by atoms with Crippen LogP contribution in [0.5, 0.6) is 5.75 Å². The number of carbonyl (C=O) groups is 1. The molecule has 0 heterocycles. The van der Waals surface area contributed by atoms with Gasteiger partial charge in [-0.3, -0.25) is 4.79 Å². The molecule has 3 N–H and O–H groups in total. The SMILES string of the molecule is CCOc1cccc(C(NC)C(N)=O)c1. The summed E-state index contributed by atoms with van der Waals surface area (Å²) in [6, 6.07) is 6.88. The van der Waals surface area contributed by atoms with Crippen molar-refractivity contribution < 1.29 is 9.53 Å². The summed E-state index contributed by atoms with van der Waals surface area (Å²) in [5.41, 5.74) is 6.08. The molecule has 0 spiro atoms. The van der Waals surface area contributed by atoms with Crippen molar-refractivity contribution in [3.8, 4) is 5.75 Å². The van der Waals surface area contributed by atoms with Crippen LogP contribution in [0.4, 0.5) is 0 Å². The van der Waals surface area contributed by atoms with E-state index in [1.807, 2.05) is 31.2 Å². The highest BCUT2D eigenvalue weighted by molar-refractivity contribution is 5.81. The van der Waals surface area contributed by atoms with Crippen LogP contribution < -0.4 is 15.8 Å². The molecule has 0 aromatic heterocycles. The lowest BCUT2D eigenvalue weighted by Crippen LogP contribution is -2.31. The Morgan fingerprint density at radius 3 is 2.87 bits per heavy atom. The molecule has 0 aliphatic heterocycles. The van der Waals surface area contributed by atoms with Gasteiger partial charge in [-0.05, 0) is 31.7 Å². The number of rotatable bonds is 5. The van der Waals surface area contributed by atoms with E-state index in [2.05, 4.69) is 5.32 Å². The Morgan fingerprint density at radius 1 is 1.60 bits per heavy atom. The van der Waals surface area contributed by atoms with Crippen molar-refractivity contribution in [2.45, 2.75) is 13.0 Å². The standard InChI is InChI=1S/C11H16N2O2/c1-3-15-9-6-4-5-8(7-9)10(13-2)11(12)14/h4-7,10,13H,3H2,1-2H3,(H2,12,14). The fraction of sp³-hybridized carbons (Fsp3) is 0.364. The van der Waals surface area contributed by atoms with Crippen LogP contribution in [0.1, 0.15) is 18.5 Å². The molecule has 1 aromatic carbocycles. The largest absolute Gasteiger partial charge is 0.494 e. The summed E-state index contributed by atoms with van der Waals surface area (Å²) >= 11 is 0. The predicted molar refractivity (Wildman–Crippen MR) is 58.6 cm³/mol. The molecule has 0 aliphatic rings. The van der Waals surface area contributed by atoms with Gasteiger partial charge in [0.05, 0.1) is 6.61 Å². The van der Waals surface area contributed by atoms with Crippen molar-refractivity contribution in [3.63, 3.8) is 0 Å². The van der Waals surface area contributed by atoms with E-state index in [1.165, 1.54) is 0 Å². The third-order valence-corrected chi connectivity index (χ3v) is 2.08. The summed E-state index contributed by atoms with van der Waals surface area (Å²) in [7, 11) is 1.70. The smallest absolute Gasteiger partial charge is 0.239 e. The third-order valence-electron chi connectivity index (χ3n) is 2.08. The van der Waals surface area contributed by atoms with E-state index < -0.39 is 11.9 Å². The number of hydrogen-bond acceptors (Lipinski definition) is 3. The Balaban J connectivity index is 2.92. The Kier molecular flexibility index (Phi) is 4.12. The zero-order valence-electron chi connectivity index (χ0n) is 8.99. The second kappa shape index (κ2) is 5.36. The first-order valence-corrected chi connectivity index (χ1v) is 4.88. The molecule has 15 heavy (non-hydrogen) atoms. The zero-order valence-corrected chi connectivity index (χ0v) is 8.99. The summed E-state index contributed by atoms with van der Waals surface area (Å²) in [6.45, 7) is 2.51. The first-order chi connectivity index (χ1) is 7.19. The van der Waals surface area contributed by atoms with Crippen LogP contribution in [-0.2, 0) is 4.79 Å². The van der Waals surface area contributed by atoms with E-state index in [-0.39, 0.29) is 0 Å². The molecule has 0 saturated heterocycles. The van der Waals surface area contributed by atoms with Gasteiger partial charge in [-0.1, -0.05) is 12.1 Å². The molecular formula is C11H16N2O2. The third kappa shape index (κ3) is 2.95. The highest BCUT2D eigenvalue weighted by Gasteiger charge is 2.15. The van der Waals surface area contributed by atoms with E-state index in [1.54, 1.807) is 7.05 Å². The number of hydrogen-bond donors (Lipinski definition) is 2. The van der Waals surface area contributed by atoms with Gasteiger partial charge in [0.15, 0.2) is 0 Å². The predicted octanol–water partition coefficient (Wildman–Crippen LogP) is 0.831. The number of benzene rings is 1. The summed E-state index contributed by atoms with van der Waals surface area (Å²) in [5, 5.41) is 2.86. The molecule has 1 rings (SSSR count). The van der Waals surface area contributed by atoms with Crippen molar-refractivity contribution in [2.75, 3.05) is 13.7 Å². The molecule has 82 valence electrons. The maximum absolute atomic E-state index is 11.1. The summed E-state index contributed by atoms with van der Waals surface area (Å²) in [4.78, 5) is 11.1. The molecule has 0 saturated carbocycles. The number of carbonyl (C=O) groups excluding carboxylic acids is 1. The quantitative estimate of drug-likeness (QED) is 0.753. The van der Waals surface area contributed by atoms with Crippen LogP contribution in [0.2, 0.25) is 0 Å². The molecule has 0 fully saturated rings. The first-order valence-electron chi connectivity index (χ1n) is 4.88. The molecule has 1 unspecified atom stereocenters. The molecule has 0 bridgehead atoms. The number of amides is 1. The fourth-order valence-electron chi connectivity index (χ4n) is 1.42. The lowest BCUT2D eigenvalue weighted by molar-refractivity contribution is -0.120. The van der Waals surface area contributed by atoms with Gasteiger partial charge in [0, 0.05) is 0 Å². The van der Waals surface area contributed by atoms with Crippen LogP contribution in [0, 0.1) is 0 Å². The Bertz CT molecular complexity index is 339. The van der Waals surface area contributed by atoms with E-state index in [0.717, 1.165) is 11.3 Å². The second-order valence-electron chi connectivity index (χ2n) is 3.13. The molecule has 1 amide bonds. The van der Waals surface area contributed by atoms with Gasteiger partial charge in [0.1, 0.15) is 11.8 Å². The summed E-state index contributed by atoms with van der Waals surface area (Å²) in [6.07, 6.45) is 0. The van der Waals surface area contributed by atoms with Crippen molar-refractivity contribution in [3.05, 3.63) is 29.8 Å².